The van der Waals surface area contributed by atoms with E-state index in [1.54, 1.807) is 11.3 Å². The molecule has 20 heavy (non-hydrogen) atoms. The highest BCUT2D eigenvalue weighted by atomic mass is 32.1. The molecule has 5 heteroatoms. The maximum atomic E-state index is 5.76. The van der Waals surface area contributed by atoms with Crippen LogP contribution in [0.15, 0.2) is 18.2 Å². The molecule has 0 spiro atoms. The first kappa shape index (κ1) is 13.8. The molecular formula is C15H22N4S. The molecule has 1 atom stereocenters. The Balaban J connectivity index is 1.65. The van der Waals surface area contributed by atoms with Crippen molar-refractivity contribution in [2.75, 3.05) is 32.9 Å². The second-order valence-corrected chi connectivity index (χ2v) is 6.89. The van der Waals surface area contributed by atoms with Gasteiger partial charge in [0.05, 0.1) is 10.2 Å². The standard InChI is InChI=1S/C15H22N4S/c1-18(10-12-4-3-7-19(12)2)9-11-5-6-13-14(8-11)20-15(16)17-13/h5-6,8,12H,3-4,7,9-10H2,1-2H3,(H2,16,17). The van der Waals surface area contributed by atoms with Crippen LogP contribution in [0.2, 0.25) is 0 Å². The van der Waals surface area contributed by atoms with Gasteiger partial charge in [-0.2, -0.15) is 0 Å². The van der Waals surface area contributed by atoms with Crippen LogP contribution in [0.25, 0.3) is 10.2 Å². The number of likely N-dealkylation sites (tertiary alicyclic amines) is 1. The van der Waals surface area contributed by atoms with Crippen molar-refractivity contribution >= 4 is 26.7 Å². The first-order valence-corrected chi connectivity index (χ1v) is 7.97. The summed E-state index contributed by atoms with van der Waals surface area (Å²) >= 11 is 1.57. The van der Waals surface area contributed by atoms with E-state index >= 15 is 0 Å². The van der Waals surface area contributed by atoms with E-state index in [9.17, 15) is 0 Å². The average Bonchev–Trinajstić information content (AvgIpc) is 2.94. The summed E-state index contributed by atoms with van der Waals surface area (Å²) in [6.07, 6.45) is 2.66. The summed E-state index contributed by atoms with van der Waals surface area (Å²) in [6.45, 7) is 3.36. The van der Waals surface area contributed by atoms with Crippen LogP contribution in [0.5, 0.6) is 0 Å². The summed E-state index contributed by atoms with van der Waals surface area (Å²) in [4.78, 5) is 9.19. The van der Waals surface area contributed by atoms with Crippen molar-refractivity contribution in [3.8, 4) is 0 Å². The van der Waals surface area contributed by atoms with Crippen LogP contribution in [0.4, 0.5) is 5.13 Å². The third-order valence-corrected chi connectivity index (χ3v) is 4.96. The Morgan fingerprint density at radius 1 is 1.50 bits per heavy atom. The van der Waals surface area contributed by atoms with Gasteiger partial charge in [0.2, 0.25) is 0 Å². The molecule has 3 rings (SSSR count). The van der Waals surface area contributed by atoms with Crippen molar-refractivity contribution in [2.24, 2.45) is 0 Å². The summed E-state index contributed by atoms with van der Waals surface area (Å²) in [5.74, 6) is 0. The third-order valence-electron chi connectivity index (χ3n) is 4.12. The van der Waals surface area contributed by atoms with E-state index in [2.05, 4.69) is 47.1 Å². The minimum atomic E-state index is 0.651. The van der Waals surface area contributed by atoms with Crippen LogP contribution >= 0.6 is 11.3 Å². The normalized spacial score (nSPS) is 20.2. The number of fused-ring (bicyclic) bond motifs is 1. The highest BCUT2D eigenvalue weighted by Gasteiger charge is 2.21. The molecule has 1 aliphatic rings. The number of nitrogens with zero attached hydrogens (tertiary/aromatic N) is 3. The summed E-state index contributed by atoms with van der Waals surface area (Å²) in [7, 11) is 4.44. The fraction of sp³-hybridized carbons (Fsp3) is 0.533. The summed E-state index contributed by atoms with van der Waals surface area (Å²) in [6, 6.07) is 7.17. The maximum Gasteiger partial charge on any atom is 0.181 e. The predicted molar refractivity (Wildman–Crippen MR) is 86.0 cm³/mol. The number of benzene rings is 1. The molecule has 2 aromatic rings. The van der Waals surface area contributed by atoms with Gasteiger partial charge in [0.15, 0.2) is 5.13 Å². The molecule has 2 N–H and O–H groups in total. The van der Waals surface area contributed by atoms with Crippen molar-refractivity contribution in [1.82, 2.24) is 14.8 Å². The predicted octanol–water partition coefficient (Wildman–Crippen LogP) is 2.40. The Kier molecular flexibility index (Phi) is 3.92. The van der Waals surface area contributed by atoms with Gasteiger partial charge in [-0.15, -0.1) is 0 Å². The van der Waals surface area contributed by atoms with Gasteiger partial charge in [-0.05, 0) is 51.2 Å². The fourth-order valence-electron chi connectivity index (χ4n) is 3.03. The Hall–Kier alpha value is -1.17. The van der Waals surface area contributed by atoms with E-state index in [-0.39, 0.29) is 0 Å². The van der Waals surface area contributed by atoms with E-state index in [0.717, 1.165) is 18.6 Å². The maximum absolute atomic E-state index is 5.76. The topological polar surface area (TPSA) is 45.4 Å². The van der Waals surface area contributed by atoms with Crippen LogP contribution in [0, 0.1) is 0 Å². The molecule has 0 amide bonds. The molecule has 0 saturated carbocycles. The Morgan fingerprint density at radius 2 is 2.35 bits per heavy atom. The highest BCUT2D eigenvalue weighted by Crippen LogP contribution is 2.25. The molecule has 108 valence electrons. The second kappa shape index (κ2) is 5.68. The van der Waals surface area contributed by atoms with Crippen LogP contribution in [0.3, 0.4) is 0 Å². The van der Waals surface area contributed by atoms with Gasteiger partial charge < -0.3 is 15.5 Å². The second-order valence-electron chi connectivity index (χ2n) is 5.83. The molecule has 1 saturated heterocycles. The van der Waals surface area contributed by atoms with Crippen molar-refractivity contribution in [2.45, 2.75) is 25.4 Å². The number of aromatic nitrogens is 1. The van der Waals surface area contributed by atoms with E-state index in [0.29, 0.717) is 11.2 Å². The first-order chi connectivity index (χ1) is 9.61. The molecule has 4 nitrogen and oxygen atoms in total. The SMILES string of the molecule is CN(Cc1ccc2nc(N)sc2c1)CC1CCCN1C. The van der Waals surface area contributed by atoms with E-state index < -0.39 is 0 Å². The van der Waals surface area contributed by atoms with Gasteiger partial charge >= 0.3 is 0 Å². The lowest BCUT2D eigenvalue weighted by Gasteiger charge is -2.25. The number of anilines is 1. The molecule has 1 unspecified atom stereocenters. The molecule has 2 heterocycles. The van der Waals surface area contributed by atoms with Crippen LogP contribution in [-0.2, 0) is 6.54 Å². The van der Waals surface area contributed by atoms with E-state index in [1.807, 2.05) is 0 Å². The summed E-state index contributed by atoms with van der Waals surface area (Å²) in [5, 5.41) is 0.651. The minimum Gasteiger partial charge on any atom is -0.375 e. The number of hydrogen-bond donors (Lipinski definition) is 1. The van der Waals surface area contributed by atoms with Crippen LogP contribution in [0.1, 0.15) is 18.4 Å². The lowest BCUT2D eigenvalue weighted by atomic mass is 10.1. The van der Waals surface area contributed by atoms with Gasteiger partial charge in [-0.3, -0.25) is 0 Å². The lowest BCUT2D eigenvalue weighted by molar-refractivity contribution is 0.215. The lowest BCUT2D eigenvalue weighted by Crippen LogP contribution is -2.36. The molecule has 0 bridgehead atoms. The third kappa shape index (κ3) is 2.95. The van der Waals surface area contributed by atoms with Crippen LogP contribution in [-0.4, -0.2) is 48.0 Å². The molecule has 1 aliphatic heterocycles. The quantitative estimate of drug-likeness (QED) is 0.939. The monoisotopic (exact) mass is 290 g/mol. The molecule has 0 radical (unpaired) electrons. The zero-order chi connectivity index (χ0) is 14.1. The largest absolute Gasteiger partial charge is 0.375 e. The summed E-state index contributed by atoms with van der Waals surface area (Å²) < 4.78 is 1.19. The molecule has 1 aromatic heterocycles. The number of likely N-dealkylation sites (N-methyl/N-ethyl adjacent to an activating group) is 2. The summed E-state index contributed by atoms with van der Waals surface area (Å²) in [5.41, 5.74) is 8.10. The Labute approximate surface area is 124 Å². The van der Waals surface area contributed by atoms with Crippen molar-refractivity contribution in [3.05, 3.63) is 23.8 Å². The number of nitrogens with two attached hydrogens (primary N) is 1. The number of nitrogen functional groups attached to an aromatic ring is 1. The highest BCUT2D eigenvalue weighted by molar-refractivity contribution is 7.22. The minimum absolute atomic E-state index is 0.651. The van der Waals surface area contributed by atoms with Crippen molar-refractivity contribution < 1.29 is 0 Å². The number of thiazole rings is 1. The molecular weight excluding hydrogens is 268 g/mol. The molecule has 1 aromatic carbocycles. The fourth-order valence-corrected chi connectivity index (χ4v) is 3.83. The Bertz CT molecular complexity index is 595. The van der Waals surface area contributed by atoms with Gasteiger partial charge in [-0.25, -0.2) is 4.98 Å². The van der Waals surface area contributed by atoms with E-state index in [1.165, 1.54) is 29.6 Å². The van der Waals surface area contributed by atoms with E-state index in [4.69, 9.17) is 5.73 Å². The zero-order valence-electron chi connectivity index (χ0n) is 12.2. The van der Waals surface area contributed by atoms with Gasteiger partial charge in [-0.1, -0.05) is 17.4 Å². The van der Waals surface area contributed by atoms with Gasteiger partial charge in [0.1, 0.15) is 0 Å². The van der Waals surface area contributed by atoms with Gasteiger partial charge in [0.25, 0.3) is 0 Å². The van der Waals surface area contributed by atoms with Gasteiger partial charge in [0, 0.05) is 19.1 Å². The Morgan fingerprint density at radius 3 is 3.10 bits per heavy atom. The molecule has 0 aliphatic carbocycles. The average molecular weight is 290 g/mol. The van der Waals surface area contributed by atoms with Crippen LogP contribution < -0.4 is 5.73 Å². The van der Waals surface area contributed by atoms with Crippen molar-refractivity contribution in [3.63, 3.8) is 0 Å². The smallest absolute Gasteiger partial charge is 0.181 e. The van der Waals surface area contributed by atoms with Crippen molar-refractivity contribution in [1.29, 1.82) is 0 Å². The molecule has 1 fully saturated rings. The zero-order valence-corrected chi connectivity index (χ0v) is 13.0. The first-order valence-electron chi connectivity index (χ1n) is 7.15. The number of hydrogen-bond acceptors (Lipinski definition) is 5. The number of rotatable bonds is 4.